The molecule has 12 heavy (non-hydrogen) atoms. The van der Waals surface area contributed by atoms with E-state index in [1.54, 1.807) is 6.92 Å². The highest BCUT2D eigenvalue weighted by atomic mass is 16.4. The van der Waals surface area contributed by atoms with Gasteiger partial charge in [0.05, 0.1) is 0 Å². The van der Waals surface area contributed by atoms with Crippen LogP contribution in [0.2, 0.25) is 0 Å². The fourth-order valence-corrected chi connectivity index (χ4v) is 0.729. The van der Waals surface area contributed by atoms with Crippen molar-refractivity contribution in [3.05, 3.63) is 0 Å². The molecule has 0 rings (SSSR count). The molecule has 0 heterocycles. The van der Waals surface area contributed by atoms with Gasteiger partial charge in [-0.2, -0.15) is 0 Å². The third-order valence-electron chi connectivity index (χ3n) is 1.28. The van der Waals surface area contributed by atoms with Gasteiger partial charge in [0.2, 0.25) is 5.91 Å². The van der Waals surface area contributed by atoms with Crippen LogP contribution in [0.1, 0.15) is 19.8 Å². The Morgan fingerprint density at radius 2 is 2.08 bits per heavy atom. The highest BCUT2D eigenvalue weighted by Crippen LogP contribution is 1.89. The smallest absolute Gasteiger partial charge is 0.312 e. The van der Waals surface area contributed by atoms with Crippen molar-refractivity contribution in [1.82, 2.24) is 5.32 Å². The second-order valence-electron chi connectivity index (χ2n) is 2.55. The van der Waals surface area contributed by atoms with Crippen LogP contribution in [0, 0.1) is 0 Å². The van der Waals surface area contributed by atoms with Crippen molar-refractivity contribution in [2.24, 2.45) is 0 Å². The minimum absolute atomic E-state index is 0.0193. The largest absolute Gasteiger partial charge is 0.481 e. The molecular weight excluding hydrogens is 162 g/mol. The number of carbonyl (C=O) groups is 2. The van der Waals surface area contributed by atoms with Crippen LogP contribution in [0.5, 0.6) is 0 Å². The van der Waals surface area contributed by atoms with Gasteiger partial charge in [0.25, 0.3) is 0 Å². The summed E-state index contributed by atoms with van der Waals surface area (Å²) in [5.74, 6) is -1.67. The number of nitrogens with one attached hydrogen (secondary N) is 1. The van der Waals surface area contributed by atoms with Gasteiger partial charge in [0.15, 0.2) is 0 Å². The van der Waals surface area contributed by atoms with E-state index in [0.717, 1.165) is 0 Å². The predicted octanol–water partition coefficient (Wildman–Crippen LogP) is -0.652. The molecule has 0 aliphatic rings. The van der Waals surface area contributed by atoms with Crippen LogP contribution in [0.3, 0.4) is 0 Å². The highest BCUT2D eigenvalue weighted by Gasteiger charge is 2.09. The van der Waals surface area contributed by atoms with E-state index in [2.05, 4.69) is 5.32 Å². The Labute approximate surface area is 70.4 Å². The average Bonchev–Trinajstić information content (AvgIpc) is 1.84. The van der Waals surface area contributed by atoms with E-state index in [1.165, 1.54) is 0 Å². The summed E-state index contributed by atoms with van der Waals surface area (Å²) in [5.41, 5.74) is 0. The van der Waals surface area contributed by atoms with E-state index in [1.807, 2.05) is 0 Å². The Kier molecular flexibility index (Phi) is 5.03. The summed E-state index contributed by atoms with van der Waals surface area (Å²) in [7, 11) is 0. The van der Waals surface area contributed by atoms with E-state index in [4.69, 9.17) is 10.2 Å². The number of aliphatic carboxylic acids is 1. The molecule has 0 aromatic heterocycles. The molecule has 3 N–H and O–H groups in total. The normalized spacial score (nSPS) is 12.2. The SMILES string of the molecule is CC(CCO)NC(=O)CC(=O)O. The van der Waals surface area contributed by atoms with Crippen LogP contribution < -0.4 is 5.32 Å². The minimum atomic E-state index is -1.15. The molecule has 5 heteroatoms. The number of carboxylic acid groups (broad SMARTS) is 1. The first kappa shape index (κ1) is 10.9. The van der Waals surface area contributed by atoms with Gasteiger partial charge in [-0.25, -0.2) is 0 Å². The van der Waals surface area contributed by atoms with Crippen molar-refractivity contribution in [3.8, 4) is 0 Å². The van der Waals surface area contributed by atoms with Gasteiger partial charge < -0.3 is 15.5 Å². The standard InChI is InChI=1S/C7H13NO4/c1-5(2-3-9)8-6(10)4-7(11)12/h5,9H,2-4H2,1H3,(H,8,10)(H,11,12). The second-order valence-corrected chi connectivity index (χ2v) is 2.55. The summed E-state index contributed by atoms with van der Waals surface area (Å²) >= 11 is 0. The van der Waals surface area contributed by atoms with Gasteiger partial charge >= 0.3 is 5.97 Å². The Hall–Kier alpha value is -1.10. The van der Waals surface area contributed by atoms with Gasteiger partial charge in [-0.3, -0.25) is 9.59 Å². The van der Waals surface area contributed by atoms with Gasteiger partial charge in [-0.05, 0) is 13.3 Å². The Morgan fingerprint density at radius 1 is 1.50 bits per heavy atom. The first-order valence-electron chi connectivity index (χ1n) is 3.68. The fourth-order valence-electron chi connectivity index (χ4n) is 0.729. The van der Waals surface area contributed by atoms with Crippen molar-refractivity contribution < 1.29 is 19.8 Å². The van der Waals surface area contributed by atoms with Crippen LogP contribution in [-0.4, -0.2) is 34.7 Å². The number of carboxylic acids is 1. The maximum absolute atomic E-state index is 10.8. The van der Waals surface area contributed by atoms with Crippen molar-refractivity contribution >= 4 is 11.9 Å². The lowest BCUT2D eigenvalue weighted by Crippen LogP contribution is -2.34. The predicted molar refractivity (Wildman–Crippen MR) is 41.6 cm³/mol. The average molecular weight is 175 g/mol. The lowest BCUT2D eigenvalue weighted by atomic mass is 10.2. The van der Waals surface area contributed by atoms with Crippen LogP contribution in [-0.2, 0) is 9.59 Å². The van der Waals surface area contributed by atoms with Crippen LogP contribution >= 0.6 is 0 Å². The summed E-state index contributed by atoms with van der Waals surface area (Å²) in [6.45, 7) is 1.69. The zero-order valence-electron chi connectivity index (χ0n) is 6.91. The number of carbonyl (C=O) groups excluding carboxylic acids is 1. The summed E-state index contributed by atoms with van der Waals surface area (Å²) in [4.78, 5) is 20.8. The maximum atomic E-state index is 10.8. The summed E-state index contributed by atoms with van der Waals surface area (Å²) in [5, 5.41) is 19.1. The third kappa shape index (κ3) is 5.67. The number of aliphatic hydroxyl groups excluding tert-OH is 1. The van der Waals surface area contributed by atoms with Crippen molar-refractivity contribution in [2.45, 2.75) is 25.8 Å². The van der Waals surface area contributed by atoms with Gasteiger partial charge in [0, 0.05) is 12.6 Å². The molecule has 0 aromatic rings. The molecule has 0 saturated carbocycles. The van der Waals surface area contributed by atoms with Crippen molar-refractivity contribution in [1.29, 1.82) is 0 Å². The second kappa shape index (κ2) is 5.54. The van der Waals surface area contributed by atoms with E-state index >= 15 is 0 Å². The molecule has 0 saturated heterocycles. The van der Waals surface area contributed by atoms with Gasteiger partial charge in [-0.15, -0.1) is 0 Å². The fraction of sp³-hybridized carbons (Fsp3) is 0.714. The Balaban J connectivity index is 3.61. The lowest BCUT2D eigenvalue weighted by Gasteiger charge is -2.10. The molecule has 0 fully saturated rings. The number of hydrogen-bond acceptors (Lipinski definition) is 3. The quantitative estimate of drug-likeness (QED) is 0.484. The molecule has 1 atom stereocenters. The Bertz CT molecular complexity index is 169. The highest BCUT2D eigenvalue weighted by molar-refractivity contribution is 5.93. The maximum Gasteiger partial charge on any atom is 0.312 e. The molecule has 0 aromatic carbocycles. The third-order valence-corrected chi connectivity index (χ3v) is 1.28. The van der Waals surface area contributed by atoms with E-state index in [0.29, 0.717) is 6.42 Å². The molecule has 1 unspecified atom stereocenters. The van der Waals surface area contributed by atoms with E-state index < -0.39 is 18.3 Å². The van der Waals surface area contributed by atoms with Crippen LogP contribution in [0.4, 0.5) is 0 Å². The number of rotatable bonds is 5. The molecule has 1 amide bonds. The minimum Gasteiger partial charge on any atom is -0.481 e. The molecule has 0 spiro atoms. The molecule has 0 radical (unpaired) electrons. The monoisotopic (exact) mass is 175 g/mol. The number of hydrogen-bond donors (Lipinski definition) is 3. The number of aliphatic hydroxyl groups is 1. The lowest BCUT2D eigenvalue weighted by molar-refractivity contribution is -0.140. The first-order chi connectivity index (χ1) is 5.56. The Morgan fingerprint density at radius 3 is 2.50 bits per heavy atom. The van der Waals surface area contributed by atoms with Crippen molar-refractivity contribution in [3.63, 3.8) is 0 Å². The van der Waals surface area contributed by atoms with E-state index in [-0.39, 0.29) is 12.6 Å². The molecule has 70 valence electrons. The first-order valence-corrected chi connectivity index (χ1v) is 3.68. The molecule has 0 aliphatic heterocycles. The van der Waals surface area contributed by atoms with Gasteiger partial charge in [-0.1, -0.05) is 0 Å². The number of amides is 1. The molecule has 0 bridgehead atoms. The molecule has 0 aliphatic carbocycles. The summed E-state index contributed by atoms with van der Waals surface area (Å²) in [6.07, 6.45) is -0.0822. The van der Waals surface area contributed by atoms with Crippen molar-refractivity contribution in [2.75, 3.05) is 6.61 Å². The molecule has 5 nitrogen and oxygen atoms in total. The zero-order chi connectivity index (χ0) is 9.56. The summed E-state index contributed by atoms with van der Waals surface area (Å²) in [6, 6.07) is -0.179. The van der Waals surface area contributed by atoms with Crippen LogP contribution in [0.25, 0.3) is 0 Å². The van der Waals surface area contributed by atoms with Crippen LogP contribution in [0.15, 0.2) is 0 Å². The van der Waals surface area contributed by atoms with E-state index in [9.17, 15) is 9.59 Å². The summed E-state index contributed by atoms with van der Waals surface area (Å²) < 4.78 is 0. The molecular formula is C7H13NO4. The zero-order valence-corrected chi connectivity index (χ0v) is 6.91. The topological polar surface area (TPSA) is 86.6 Å². The van der Waals surface area contributed by atoms with Gasteiger partial charge in [0.1, 0.15) is 6.42 Å².